The van der Waals surface area contributed by atoms with E-state index in [1.54, 1.807) is 0 Å². The molecule has 0 radical (unpaired) electrons. The maximum atomic E-state index is 6.55. The van der Waals surface area contributed by atoms with Gasteiger partial charge in [0.05, 0.1) is 5.02 Å². The first-order valence-corrected chi connectivity index (χ1v) is 8.35. The van der Waals surface area contributed by atoms with Crippen LogP contribution in [-0.2, 0) is 6.42 Å². The van der Waals surface area contributed by atoms with Crippen LogP contribution in [0.25, 0.3) is 21.9 Å². The summed E-state index contributed by atoms with van der Waals surface area (Å²) in [5.74, 6) is 1.78. The molecule has 0 saturated carbocycles. The highest BCUT2D eigenvalue weighted by Crippen LogP contribution is 2.40. The fraction of sp³-hybridized carbons (Fsp3) is 0.444. The summed E-state index contributed by atoms with van der Waals surface area (Å²) in [5, 5.41) is 6.34. The number of furan rings is 2. The molecular weight excluding hydrogens is 298 g/mol. The van der Waals surface area contributed by atoms with Crippen LogP contribution in [0.4, 0.5) is 0 Å². The van der Waals surface area contributed by atoms with Crippen LogP contribution in [0.3, 0.4) is 0 Å². The molecule has 2 aromatic heterocycles. The molecule has 1 N–H and O–H groups in total. The number of hydrogen-bond donors (Lipinski definition) is 1. The van der Waals surface area contributed by atoms with Crippen molar-refractivity contribution in [1.29, 1.82) is 0 Å². The van der Waals surface area contributed by atoms with Gasteiger partial charge in [0.15, 0.2) is 5.58 Å². The van der Waals surface area contributed by atoms with Gasteiger partial charge in [0.1, 0.15) is 17.1 Å². The molecule has 22 heavy (non-hydrogen) atoms. The maximum absolute atomic E-state index is 6.55. The van der Waals surface area contributed by atoms with Gasteiger partial charge in [0.25, 0.3) is 0 Å². The predicted molar refractivity (Wildman–Crippen MR) is 89.8 cm³/mol. The largest absolute Gasteiger partial charge is 0.461 e. The van der Waals surface area contributed by atoms with Gasteiger partial charge in [-0.15, -0.1) is 0 Å². The lowest BCUT2D eigenvalue weighted by Gasteiger charge is -2.23. The van der Waals surface area contributed by atoms with E-state index in [0.717, 1.165) is 46.4 Å². The van der Waals surface area contributed by atoms with Gasteiger partial charge in [-0.25, -0.2) is 0 Å². The second-order valence-electron chi connectivity index (χ2n) is 6.34. The van der Waals surface area contributed by atoms with E-state index in [1.165, 1.54) is 24.8 Å². The zero-order chi connectivity index (χ0) is 15.3. The minimum atomic E-state index is 0.502. The highest BCUT2D eigenvalue weighted by molar-refractivity contribution is 6.40. The zero-order valence-electron chi connectivity index (χ0n) is 13.0. The third-order valence-corrected chi connectivity index (χ3v) is 4.98. The molecule has 1 saturated heterocycles. The second kappa shape index (κ2) is 5.32. The van der Waals surface area contributed by atoms with Gasteiger partial charge in [-0.3, -0.25) is 0 Å². The van der Waals surface area contributed by atoms with Crippen molar-refractivity contribution in [2.75, 3.05) is 6.54 Å². The minimum Gasteiger partial charge on any atom is -0.461 e. The van der Waals surface area contributed by atoms with Crippen LogP contribution in [0.15, 0.2) is 21.0 Å². The van der Waals surface area contributed by atoms with E-state index in [4.69, 9.17) is 20.4 Å². The number of nitrogens with one attached hydrogen (secondary N) is 1. The summed E-state index contributed by atoms with van der Waals surface area (Å²) in [6.07, 6.45) is 4.73. The molecule has 1 atom stereocenters. The average Bonchev–Trinajstić information content (AvgIpc) is 3.08. The van der Waals surface area contributed by atoms with E-state index in [-0.39, 0.29) is 0 Å². The summed E-state index contributed by atoms with van der Waals surface area (Å²) < 4.78 is 11.8. The van der Waals surface area contributed by atoms with E-state index in [0.29, 0.717) is 11.1 Å². The highest BCUT2D eigenvalue weighted by Gasteiger charge is 2.22. The topological polar surface area (TPSA) is 38.3 Å². The van der Waals surface area contributed by atoms with Gasteiger partial charge in [0.2, 0.25) is 0 Å². The van der Waals surface area contributed by atoms with E-state index in [1.807, 2.05) is 19.9 Å². The lowest BCUT2D eigenvalue weighted by molar-refractivity contribution is 0.399. The third kappa shape index (κ3) is 2.24. The van der Waals surface area contributed by atoms with Gasteiger partial charge in [-0.05, 0) is 51.8 Å². The standard InChI is InChI=1S/C18H20ClNO2/c1-10-7-13-14(9-12-5-3-4-6-20-12)17-15(8-11(2)21-17)16(19)18(13)22-10/h7-8,12,20H,3-6,9H2,1-2H3. The molecule has 3 aromatic rings. The SMILES string of the molecule is Cc1cc2c(CC3CCCCN3)c3oc(C)cc3c(Cl)c2o1. The monoisotopic (exact) mass is 317 g/mol. The molecule has 1 unspecified atom stereocenters. The van der Waals surface area contributed by atoms with Gasteiger partial charge in [0, 0.05) is 22.4 Å². The van der Waals surface area contributed by atoms with Crippen molar-refractivity contribution in [1.82, 2.24) is 5.32 Å². The van der Waals surface area contributed by atoms with Gasteiger partial charge < -0.3 is 14.2 Å². The molecule has 0 bridgehead atoms. The van der Waals surface area contributed by atoms with E-state index < -0.39 is 0 Å². The summed E-state index contributed by atoms with van der Waals surface area (Å²) in [6, 6.07) is 4.59. The fourth-order valence-electron chi connectivity index (χ4n) is 3.59. The quantitative estimate of drug-likeness (QED) is 0.711. The second-order valence-corrected chi connectivity index (χ2v) is 6.72. The molecule has 1 aromatic carbocycles. The number of fused-ring (bicyclic) bond motifs is 2. The average molecular weight is 318 g/mol. The lowest BCUT2D eigenvalue weighted by Crippen LogP contribution is -2.35. The first-order valence-electron chi connectivity index (χ1n) is 7.97. The van der Waals surface area contributed by atoms with Crippen LogP contribution >= 0.6 is 11.6 Å². The molecule has 1 aliphatic rings. The van der Waals surface area contributed by atoms with Crippen LogP contribution in [0.1, 0.15) is 36.3 Å². The fourth-order valence-corrected chi connectivity index (χ4v) is 3.88. The maximum Gasteiger partial charge on any atom is 0.154 e. The molecule has 4 heteroatoms. The molecule has 3 heterocycles. The van der Waals surface area contributed by atoms with Crippen molar-refractivity contribution in [3.8, 4) is 0 Å². The first kappa shape index (κ1) is 14.2. The Morgan fingerprint density at radius 2 is 1.82 bits per heavy atom. The Kier molecular flexibility index (Phi) is 3.43. The highest BCUT2D eigenvalue weighted by atomic mass is 35.5. The predicted octanol–water partition coefficient (Wildman–Crippen LogP) is 5.13. The smallest absolute Gasteiger partial charge is 0.154 e. The molecule has 0 amide bonds. The first-order chi connectivity index (χ1) is 10.6. The molecule has 3 nitrogen and oxygen atoms in total. The third-order valence-electron chi connectivity index (χ3n) is 4.61. The summed E-state index contributed by atoms with van der Waals surface area (Å²) in [6.45, 7) is 5.03. The molecule has 116 valence electrons. The van der Waals surface area contributed by atoms with Crippen LogP contribution < -0.4 is 5.32 Å². The Labute approximate surface area is 134 Å². The minimum absolute atomic E-state index is 0.502. The van der Waals surface area contributed by atoms with Crippen LogP contribution in [0.2, 0.25) is 5.02 Å². The summed E-state index contributed by atoms with van der Waals surface area (Å²) in [4.78, 5) is 0. The number of aryl methyl sites for hydroxylation is 2. The molecule has 4 rings (SSSR count). The van der Waals surface area contributed by atoms with Crippen molar-refractivity contribution >= 4 is 33.5 Å². The Morgan fingerprint density at radius 1 is 1.09 bits per heavy atom. The van der Waals surface area contributed by atoms with Crippen molar-refractivity contribution in [2.24, 2.45) is 0 Å². The van der Waals surface area contributed by atoms with Crippen molar-refractivity contribution < 1.29 is 8.83 Å². The van der Waals surface area contributed by atoms with Gasteiger partial charge >= 0.3 is 0 Å². The normalized spacial score (nSPS) is 19.3. The van der Waals surface area contributed by atoms with Crippen molar-refractivity contribution in [2.45, 2.75) is 45.6 Å². The number of rotatable bonds is 2. The van der Waals surface area contributed by atoms with Crippen LogP contribution in [-0.4, -0.2) is 12.6 Å². The van der Waals surface area contributed by atoms with Crippen LogP contribution in [0.5, 0.6) is 0 Å². The molecule has 0 aliphatic carbocycles. The molecule has 0 spiro atoms. The van der Waals surface area contributed by atoms with E-state index in [2.05, 4.69) is 11.4 Å². The van der Waals surface area contributed by atoms with E-state index in [9.17, 15) is 0 Å². The Balaban J connectivity index is 1.93. The summed E-state index contributed by atoms with van der Waals surface area (Å²) in [5.41, 5.74) is 2.93. The van der Waals surface area contributed by atoms with E-state index >= 15 is 0 Å². The number of piperidine rings is 1. The Bertz CT molecular complexity index is 782. The van der Waals surface area contributed by atoms with Crippen molar-refractivity contribution in [3.63, 3.8) is 0 Å². The number of benzene rings is 1. The van der Waals surface area contributed by atoms with Gasteiger partial charge in [-0.2, -0.15) is 0 Å². The van der Waals surface area contributed by atoms with Crippen molar-refractivity contribution in [3.05, 3.63) is 34.2 Å². The number of hydrogen-bond acceptors (Lipinski definition) is 3. The summed E-state index contributed by atoms with van der Waals surface area (Å²) in [7, 11) is 0. The zero-order valence-corrected chi connectivity index (χ0v) is 13.7. The van der Waals surface area contributed by atoms with Crippen LogP contribution in [0, 0.1) is 13.8 Å². The number of halogens is 1. The Hall–Kier alpha value is -1.45. The molecule has 1 aliphatic heterocycles. The Morgan fingerprint density at radius 3 is 2.55 bits per heavy atom. The van der Waals surface area contributed by atoms with Gasteiger partial charge in [-0.1, -0.05) is 18.0 Å². The molecular formula is C18H20ClNO2. The summed E-state index contributed by atoms with van der Waals surface area (Å²) >= 11 is 6.55. The lowest BCUT2D eigenvalue weighted by atomic mass is 9.94. The molecule has 1 fully saturated rings.